The van der Waals surface area contributed by atoms with Crippen LogP contribution < -0.4 is 0 Å². The number of rotatable bonds is 2. The molecule has 0 aliphatic rings. The summed E-state index contributed by atoms with van der Waals surface area (Å²) in [5.74, 6) is -0.0106. The van der Waals surface area contributed by atoms with Crippen LogP contribution in [0, 0.1) is 5.82 Å². The summed E-state index contributed by atoms with van der Waals surface area (Å²) in [5.41, 5.74) is 0.688. The molecule has 1 aromatic carbocycles. The van der Waals surface area contributed by atoms with Gasteiger partial charge in [-0.15, -0.1) is 0 Å². The highest BCUT2D eigenvalue weighted by molar-refractivity contribution is 5.34. The van der Waals surface area contributed by atoms with E-state index in [1.807, 2.05) is 13.8 Å². The molecule has 0 aromatic heterocycles. The molecular formula is C12H17FO. The molecule has 1 nitrogen and oxygen atoms in total. The zero-order valence-electron chi connectivity index (χ0n) is 9.13. The second-order valence-corrected chi connectivity index (χ2v) is 4.45. The third-order valence-electron chi connectivity index (χ3n) is 2.30. The van der Waals surface area contributed by atoms with Gasteiger partial charge in [-0.2, -0.15) is 0 Å². The summed E-state index contributed by atoms with van der Waals surface area (Å²) in [4.78, 5) is 0. The third-order valence-corrected chi connectivity index (χ3v) is 2.30. The normalized spacial score (nSPS) is 12.2. The molecule has 0 unspecified atom stereocenters. The smallest absolute Gasteiger partial charge is 0.123 e. The van der Waals surface area contributed by atoms with E-state index in [2.05, 4.69) is 0 Å². The van der Waals surface area contributed by atoms with Crippen molar-refractivity contribution in [3.63, 3.8) is 0 Å². The van der Waals surface area contributed by atoms with Gasteiger partial charge in [-0.3, -0.25) is 0 Å². The van der Waals surface area contributed by atoms with Crippen LogP contribution in [0.4, 0.5) is 4.39 Å². The number of halogens is 1. The highest BCUT2D eigenvalue weighted by Gasteiger charge is 2.21. The van der Waals surface area contributed by atoms with E-state index >= 15 is 0 Å². The Morgan fingerprint density at radius 3 is 2.29 bits per heavy atom. The molecule has 0 heterocycles. The summed E-state index contributed by atoms with van der Waals surface area (Å²) in [6.45, 7) is 7.41. The lowest BCUT2D eigenvalue weighted by atomic mass is 9.88. The molecule has 1 aromatic rings. The number of hydrogen-bond acceptors (Lipinski definition) is 1. The minimum Gasteiger partial charge on any atom is -0.386 e. The van der Waals surface area contributed by atoms with Crippen molar-refractivity contribution in [2.75, 3.05) is 0 Å². The molecule has 0 amide bonds. The topological polar surface area (TPSA) is 20.2 Å². The molecular weight excluding hydrogens is 179 g/mol. The zero-order valence-corrected chi connectivity index (χ0v) is 9.13. The Kier molecular flexibility index (Phi) is 2.95. The standard InChI is InChI=1S/C12H17FO/c1-8(2)10-6-5-9(13)7-11(10)12(3,4)14/h5-8,14H,1-4H3. The molecule has 0 saturated carbocycles. The molecule has 2 heteroatoms. The Bertz CT molecular complexity index is 324. The first-order valence-corrected chi connectivity index (χ1v) is 4.84. The van der Waals surface area contributed by atoms with Gasteiger partial charge in [-0.25, -0.2) is 4.39 Å². The number of hydrogen-bond donors (Lipinski definition) is 1. The Labute approximate surface area is 84.6 Å². The summed E-state index contributed by atoms with van der Waals surface area (Å²) < 4.78 is 13.0. The Morgan fingerprint density at radius 1 is 1.29 bits per heavy atom. The highest BCUT2D eigenvalue weighted by Crippen LogP contribution is 2.29. The zero-order chi connectivity index (χ0) is 10.9. The lowest BCUT2D eigenvalue weighted by Gasteiger charge is -2.23. The molecule has 0 fully saturated rings. The van der Waals surface area contributed by atoms with Crippen LogP contribution in [-0.4, -0.2) is 5.11 Å². The second-order valence-electron chi connectivity index (χ2n) is 4.45. The van der Waals surface area contributed by atoms with Crippen LogP contribution in [0.25, 0.3) is 0 Å². The van der Waals surface area contributed by atoms with E-state index in [0.29, 0.717) is 5.56 Å². The van der Waals surface area contributed by atoms with Crippen LogP contribution in [0.3, 0.4) is 0 Å². The molecule has 0 bridgehead atoms. The van der Waals surface area contributed by atoms with Crippen molar-refractivity contribution in [3.05, 3.63) is 35.1 Å². The first-order chi connectivity index (χ1) is 6.32. The van der Waals surface area contributed by atoms with Crippen LogP contribution in [-0.2, 0) is 5.60 Å². The molecule has 78 valence electrons. The maximum Gasteiger partial charge on any atom is 0.123 e. The second kappa shape index (κ2) is 3.70. The maximum absolute atomic E-state index is 13.0. The van der Waals surface area contributed by atoms with E-state index in [0.717, 1.165) is 5.56 Å². The molecule has 0 spiro atoms. The van der Waals surface area contributed by atoms with E-state index in [1.165, 1.54) is 12.1 Å². The van der Waals surface area contributed by atoms with Crippen LogP contribution in [0.1, 0.15) is 44.7 Å². The van der Waals surface area contributed by atoms with Gasteiger partial charge < -0.3 is 5.11 Å². The average molecular weight is 196 g/mol. The van der Waals surface area contributed by atoms with Gasteiger partial charge in [0.05, 0.1) is 5.60 Å². The van der Waals surface area contributed by atoms with Gasteiger partial charge in [-0.05, 0) is 43.0 Å². The first kappa shape index (κ1) is 11.2. The highest BCUT2D eigenvalue weighted by atomic mass is 19.1. The summed E-state index contributed by atoms with van der Waals surface area (Å²) in [6, 6.07) is 4.59. The average Bonchev–Trinajstić information content (AvgIpc) is 2.01. The van der Waals surface area contributed by atoms with E-state index in [9.17, 15) is 9.50 Å². The van der Waals surface area contributed by atoms with E-state index in [1.54, 1.807) is 19.9 Å². The molecule has 1 rings (SSSR count). The largest absolute Gasteiger partial charge is 0.386 e. The lowest BCUT2D eigenvalue weighted by Crippen LogP contribution is -2.18. The van der Waals surface area contributed by atoms with Crippen molar-refractivity contribution in [2.24, 2.45) is 0 Å². The molecule has 0 aliphatic carbocycles. The van der Waals surface area contributed by atoms with Crippen LogP contribution in [0.5, 0.6) is 0 Å². The molecule has 14 heavy (non-hydrogen) atoms. The quantitative estimate of drug-likeness (QED) is 0.770. The SMILES string of the molecule is CC(C)c1ccc(F)cc1C(C)(C)O. The van der Waals surface area contributed by atoms with Gasteiger partial charge in [0.15, 0.2) is 0 Å². The van der Waals surface area contributed by atoms with Crippen LogP contribution in [0.2, 0.25) is 0 Å². The predicted molar refractivity (Wildman–Crippen MR) is 55.7 cm³/mol. The van der Waals surface area contributed by atoms with E-state index < -0.39 is 5.60 Å². The molecule has 0 atom stereocenters. The molecule has 0 aliphatic heterocycles. The summed E-state index contributed by atoms with van der Waals surface area (Å²) >= 11 is 0. The lowest BCUT2D eigenvalue weighted by molar-refractivity contribution is 0.0769. The molecule has 1 N–H and O–H groups in total. The van der Waals surface area contributed by atoms with Gasteiger partial charge in [0, 0.05) is 0 Å². The fourth-order valence-corrected chi connectivity index (χ4v) is 1.56. The Balaban J connectivity index is 3.30. The van der Waals surface area contributed by atoms with Crippen molar-refractivity contribution >= 4 is 0 Å². The van der Waals surface area contributed by atoms with Crippen molar-refractivity contribution in [1.29, 1.82) is 0 Å². The van der Waals surface area contributed by atoms with Crippen molar-refractivity contribution in [2.45, 2.75) is 39.2 Å². The third kappa shape index (κ3) is 2.32. The summed E-state index contributed by atoms with van der Waals surface area (Å²) in [5, 5.41) is 9.88. The fraction of sp³-hybridized carbons (Fsp3) is 0.500. The fourth-order valence-electron chi connectivity index (χ4n) is 1.56. The van der Waals surface area contributed by atoms with Gasteiger partial charge >= 0.3 is 0 Å². The number of aliphatic hydroxyl groups is 1. The van der Waals surface area contributed by atoms with Gasteiger partial charge in [-0.1, -0.05) is 19.9 Å². The predicted octanol–water partition coefficient (Wildman–Crippen LogP) is 3.18. The van der Waals surface area contributed by atoms with Crippen molar-refractivity contribution < 1.29 is 9.50 Å². The minimum absolute atomic E-state index is 0.289. The number of benzene rings is 1. The monoisotopic (exact) mass is 196 g/mol. The van der Waals surface area contributed by atoms with Crippen LogP contribution in [0.15, 0.2) is 18.2 Å². The van der Waals surface area contributed by atoms with E-state index in [-0.39, 0.29) is 11.7 Å². The molecule has 0 radical (unpaired) electrons. The Hall–Kier alpha value is -0.890. The summed E-state index contributed by atoms with van der Waals surface area (Å²) in [6.07, 6.45) is 0. The van der Waals surface area contributed by atoms with Gasteiger partial charge in [0.2, 0.25) is 0 Å². The van der Waals surface area contributed by atoms with E-state index in [4.69, 9.17) is 0 Å². The molecule has 0 saturated heterocycles. The van der Waals surface area contributed by atoms with Crippen molar-refractivity contribution in [1.82, 2.24) is 0 Å². The minimum atomic E-state index is -0.984. The van der Waals surface area contributed by atoms with Gasteiger partial charge in [0.1, 0.15) is 5.82 Å². The Morgan fingerprint density at radius 2 is 1.86 bits per heavy atom. The van der Waals surface area contributed by atoms with Crippen molar-refractivity contribution in [3.8, 4) is 0 Å². The summed E-state index contributed by atoms with van der Waals surface area (Å²) in [7, 11) is 0. The van der Waals surface area contributed by atoms with Crippen LogP contribution >= 0.6 is 0 Å². The maximum atomic E-state index is 13.0. The first-order valence-electron chi connectivity index (χ1n) is 4.84. The van der Waals surface area contributed by atoms with Gasteiger partial charge in [0.25, 0.3) is 0 Å².